The highest BCUT2D eigenvalue weighted by Crippen LogP contribution is 2.63. The first-order chi connectivity index (χ1) is 32.5. The third-order valence-electron chi connectivity index (χ3n) is 13.9. The Morgan fingerprint density at radius 3 is 1.59 bits per heavy atom. The highest BCUT2D eigenvalue weighted by Gasteiger charge is 2.48. The summed E-state index contributed by atoms with van der Waals surface area (Å²) in [6.45, 7) is 4.59. The third kappa shape index (κ3) is 5.63. The van der Waals surface area contributed by atoms with E-state index >= 15 is 0 Å². The molecule has 5 heteroatoms. The first-order valence-electron chi connectivity index (χ1n) is 22.5. The van der Waals surface area contributed by atoms with E-state index in [9.17, 15) is 0 Å². The lowest BCUT2D eigenvalue weighted by atomic mass is 9.68. The number of hydrogen-bond acceptors (Lipinski definition) is 5. The van der Waals surface area contributed by atoms with E-state index in [0.29, 0.717) is 40.5 Å². The van der Waals surface area contributed by atoms with Gasteiger partial charge in [-0.25, -0.2) is 15.0 Å². The van der Waals surface area contributed by atoms with Crippen LogP contribution < -0.4 is 9.47 Å². The van der Waals surface area contributed by atoms with Crippen LogP contribution in [0.1, 0.15) is 47.2 Å². The van der Waals surface area contributed by atoms with E-state index in [1.54, 1.807) is 0 Å². The van der Waals surface area contributed by atoms with Gasteiger partial charge in [0.05, 0.1) is 5.41 Å². The normalized spacial score (nSPS) is 14.1. The van der Waals surface area contributed by atoms with Crippen LogP contribution in [-0.4, -0.2) is 15.0 Å². The quantitative estimate of drug-likeness (QED) is 0.167. The van der Waals surface area contributed by atoms with Crippen molar-refractivity contribution in [2.45, 2.75) is 24.7 Å². The summed E-state index contributed by atoms with van der Waals surface area (Å²) >= 11 is 0. The molecule has 0 saturated heterocycles. The first-order valence-corrected chi connectivity index (χ1v) is 22.5. The van der Waals surface area contributed by atoms with E-state index in [2.05, 4.69) is 184 Å². The molecule has 0 bridgehead atoms. The second-order valence-electron chi connectivity index (χ2n) is 17.9. The third-order valence-corrected chi connectivity index (χ3v) is 13.9. The van der Waals surface area contributed by atoms with Gasteiger partial charge in [-0.05, 0) is 79.9 Å². The van der Waals surface area contributed by atoms with Crippen LogP contribution in [0.4, 0.5) is 0 Å². The zero-order valence-corrected chi connectivity index (χ0v) is 36.4. The molecular formula is C61H41N3O2. The van der Waals surface area contributed by atoms with E-state index in [1.807, 2.05) is 42.5 Å². The van der Waals surface area contributed by atoms with Gasteiger partial charge >= 0.3 is 0 Å². The summed E-state index contributed by atoms with van der Waals surface area (Å²) in [5, 5.41) is 0. The van der Waals surface area contributed by atoms with Crippen LogP contribution in [0.25, 0.3) is 67.5 Å². The van der Waals surface area contributed by atoms with E-state index < -0.39 is 5.41 Å². The largest absolute Gasteiger partial charge is 0.449 e. The molecule has 2 aliphatic carbocycles. The number of ether oxygens (including phenoxy) is 2. The molecule has 0 atom stereocenters. The highest BCUT2D eigenvalue weighted by molar-refractivity contribution is 5.93. The standard InChI is InChI=1S/C61H41N3O2/c1-60(2)48-29-14-12-26-45(48)46-33-32-41(37-51(46)60)59-63-57(38-18-6-3-7-19-38)62-58(64-59)40-21-16-20-39(36-40)44-28-17-31-52-55(44)66-56-53(65-52)35-34-50-54(56)47-27-13-15-30-49(47)61(50,42-22-8-4-9-23-42)43-24-10-5-11-25-43/h3-37H,1-2H3. The van der Waals surface area contributed by atoms with Gasteiger partial charge in [0.2, 0.25) is 0 Å². The Kier molecular flexibility index (Phi) is 8.40. The van der Waals surface area contributed by atoms with Crippen molar-refractivity contribution in [2.75, 3.05) is 0 Å². The van der Waals surface area contributed by atoms with Gasteiger partial charge in [0.15, 0.2) is 40.5 Å². The molecular weight excluding hydrogens is 807 g/mol. The minimum absolute atomic E-state index is 0.161. The summed E-state index contributed by atoms with van der Waals surface area (Å²) in [7, 11) is 0. The van der Waals surface area contributed by atoms with Crippen LogP contribution in [0.5, 0.6) is 23.0 Å². The maximum Gasteiger partial charge on any atom is 0.178 e. The molecule has 0 radical (unpaired) electrons. The van der Waals surface area contributed by atoms with Crippen molar-refractivity contribution >= 4 is 0 Å². The highest BCUT2D eigenvalue weighted by atomic mass is 16.6. The van der Waals surface area contributed by atoms with Crippen molar-refractivity contribution < 1.29 is 9.47 Å². The monoisotopic (exact) mass is 847 g/mol. The van der Waals surface area contributed by atoms with Gasteiger partial charge in [0.1, 0.15) is 0 Å². The van der Waals surface area contributed by atoms with Crippen LogP contribution in [-0.2, 0) is 10.8 Å². The lowest BCUT2D eigenvalue weighted by Gasteiger charge is -2.34. The average Bonchev–Trinajstić information content (AvgIpc) is 3.82. The maximum absolute atomic E-state index is 7.24. The molecule has 0 unspecified atom stereocenters. The van der Waals surface area contributed by atoms with E-state index in [4.69, 9.17) is 24.4 Å². The van der Waals surface area contributed by atoms with Gasteiger partial charge in [-0.3, -0.25) is 0 Å². The second-order valence-corrected chi connectivity index (χ2v) is 17.9. The second kappa shape index (κ2) is 14.6. The molecule has 13 rings (SSSR count). The zero-order valence-electron chi connectivity index (χ0n) is 36.4. The predicted molar refractivity (Wildman–Crippen MR) is 263 cm³/mol. The predicted octanol–water partition coefficient (Wildman–Crippen LogP) is 15.1. The van der Waals surface area contributed by atoms with Crippen LogP contribution in [0, 0.1) is 0 Å². The summed E-state index contributed by atoms with van der Waals surface area (Å²) < 4.78 is 14.1. The molecule has 0 spiro atoms. The minimum Gasteiger partial charge on any atom is -0.449 e. The lowest BCUT2D eigenvalue weighted by molar-refractivity contribution is 0.361. The summed E-state index contributed by atoms with van der Waals surface area (Å²) in [6.07, 6.45) is 0. The van der Waals surface area contributed by atoms with Crippen molar-refractivity contribution in [1.82, 2.24) is 15.0 Å². The fraction of sp³-hybridized carbons (Fsp3) is 0.0656. The van der Waals surface area contributed by atoms with Gasteiger partial charge in [-0.15, -0.1) is 0 Å². The Balaban J connectivity index is 0.933. The molecule has 1 aromatic heterocycles. The van der Waals surface area contributed by atoms with E-state index in [0.717, 1.165) is 44.5 Å². The van der Waals surface area contributed by atoms with Crippen molar-refractivity contribution in [2.24, 2.45) is 0 Å². The number of rotatable bonds is 6. The Labute approximate surface area is 383 Å². The molecule has 0 saturated carbocycles. The van der Waals surface area contributed by atoms with Gasteiger partial charge in [-0.1, -0.05) is 202 Å². The smallest absolute Gasteiger partial charge is 0.178 e. The first kappa shape index (κ1) is 38.1. The number of fused-ring (bicyclic) bond motifs is 9. The SMILES string of the molecule is CC1(C)c2ccccc2-c2ccc(-c3nc(-c4ccccc4)nc(-c4cccc(-c5cccc6c5Oc5c(ccc7c5-c5ccccc5C7(c5ccccc5)c5ccccc5)O6)c4)n3)cc21. The fourth-order valence-corrected chi connectivity index (χ4v) is 10.8. The fourth-order valence-electron chi connectivity index (χ4n) is 10.8. The molecule has 0 fully saturated rings. The van der Waals surface area contributed by atoms with Crippen LogP contribution in [0.15, 0.2) is 212 Å². The topological polar surface area (TPSA) is 57.1 Å². The summed E-state index contributed by atoms with van der Waals surface area (Å²) in [5.74, 6) is 4.54. The maximum atomic E-state index is 7.24. The molecule has 9 aromatic carbocycles. The van der Waals surface area contributed by atoms with Crippen molar-refractivity contribution in [3.63, 3.8) is 0 Å². The minimum atomic E-state index is -0.566. The van der Waals surface area contributed by atoms with E-state index in [1.165, 1.54) is 38.9 Å². The van der Waals surface area contributed by atoms with Gasteiger partial charge in [-0.2, -0.15) is 0 Å². The number of para-hydroxylation sites is 1. The summed E-state index contributed by atoms with van der Waals surface area (Å²) in [6, 6.07) is 74.6. The molecule has 0 amide bonds. The van der Waals surface area contributed by atoms with Crippen molar-refractivity contribution in [1.29, 1.82) is 0 Å². The summed E-state index contributed by atoms with van der Waals surface area (Å²) in [4.78, 5) is 15.5. The summed E-state index contributed by atoms with van der Waals surface area (Å²) in [5.41, 5.74) is 15.9. The molecule has 10 aromatic rings. The van der Waals surface area contributed by atoms with Crippen molar-refractivity contribution in [3.05, 3.63) is 246 Å². The lowest BCUT2D eigenvalue weighted by Crippen LogP contribution is -2.28. The molecule has 2 heterocycles. The number of hydrogen-bond donors (Lipinski definition) is 0. The molecule has 3 aliphatic rings. The molecule has 1 aliphatic heterocycles. The Morgan fingerprint density at radius 1 is 0.333 bits per heavy atom. The Morgan fingerprint density at radius 2 is 0.864 bits per heavy atom. The Bertz CT molecular complexity index is 3530. The molecule has 0 N–H and O–H groups in total. The van der Waals surface area contributed by atoms with Crippen LogP contribution in [0.3, 0.4) is 0 Å². The zero-order chi connectivity index (χ0) is 44.0. The van der Waals surface area contributed by atoms with Crippen molar-refractivity contribution in [3.8, 4) is 90.5 Å². The van der Waals surface area contributed by atoms with E-state index in [-0.39, 0.29) is 5.41 Å². The molecule has 5 nitrogen and oxygen atoms in total. The van der Waals surface area contributed by atoms with Crippen LogP contribution in [0.2, 0.25) is 0 Å². The average molecular weight is 848 g/mol. The van der Waals surface area contributed by atoms with Crippen LogP contribution >= 0.6 is 0 Å². The number of aromatic nitrogens is 3. The molecule has 66 heavy (non-hydrogen) atoms. The Hall–Kier alpha value is -8.41. The number of nitrogens with zero attached hydrogens (tertiary/aromatic N) is 3. The van der Waals surface area contributed by atoms with Gasteiger partial charge in [0.25, 0.3) is 0 Å². The molecule has 312 valence electrons. The van der Waals surface area contributed by atoms with Gasteiger partial charge < -0.3 is 9.47 Å². The van der Waals surface area contributed by atoms with Gasteiger partial charge in [0, 0.05) is 33.2 Å². The number of benzene rings is 9.